The summed E-state index contributed by atoms with van der Waals surface area (Å²) in [6.07, 6.45) is 1.94. The van der Waals surface area contributed by atoms with Gasteiger partial charge in [0.2, 0.25) is 5.91 Å². The van der Waals surface area contributed by atoms with Crippen LogP contribution in [0.3, 0.4) is 0 Å². The van der Waals surface area contributed by atoms with E-state index >= 15 is 0 Å². The van der Waals surface area contributed by atoms with E-state index in [1.807, 2.05) is 21.0 Å². The molecule has 0 N–H and O–H groups in total. The first kappa shape index (κ1) is 13.5. The van der Waals surface area contributed by atoms with E-state index in [1.165, 1.54) is 0 Å². The number of aromatic nitrogens is 1. The molecule has 0 unspecified atom stereocenters. The molecule has 2 rings (SSSR count). The van der Waals surface area contributed by atoms with Crippen LogP contribution in [0.25, 0.3) is 0 Å². The molecule has 5 heteroatoms. The van der Waals surface area contributed by atoms with E-state index in [0.717, 1.165) is 43.2 Å². The van der Waals surface area contributed by atoms with Crippen molar-refractivity contribution in [1.82, 2.24) is 14.8 Å². The maximum absolute atomic E-state index is 11.9. The minimum Gasteiger partial charge on any atom is -0.349 e. The average Bonchev–Trinajstić information content (AvgIpc) is 2.75. The van der Waals surface area contributed by atoms with Crippen molar-refractivity contribution in [2.75, 3.05) is 27.2 Å². The molecular weight excluding hydrogens is 246 g/mol. The molecule has 18 heavy (non-hydrogen) atoms. The van der Waals surface area contributed by atoms with Crippen molar-refractivity contribution < 1.29 is 4.79 Å². The van der Waals surface area contributed by atoms with Gasteiger partial charge in [0.15, 0.2) is 0 Å². The zero-order chi connectivity index (χ0) is 13.1. The highest BCUT2D eigenvalue weighted by Gasteiger charge is 2.26. The molecule has 1 fully saturated rings. The Kier molecular flexibility index (Phi) is 4.35. The average molecular weight is 267 g/mol. The van der Waals surface area contributed by atoms with Gasteiger partial charge < -0.3 is 4.90 Å². The van der Waals surface area contributed by atoms with Gasteiger partial charge in [-0.25, -0.2) is 4.98 Å². The lowest BCUT2D eigenvalue weighted by Gasteiger charge is -2.31. The van der Waals surface area contributed by atoms with E-state index in [0.29, 0.717) is 0 Å². The summed E-state index contributed by atoms with van der Waals surface area (Å²) in [5, 5.41) is 3.26. The van der Waals surface area contributed by atoms with Gasteiger partial charge >= 0.3 is 0 Å². The summed E-state index contributed by atoms with van der Waals surface area (Å²) < 4.78 is 0. The lowest BCUT2D eigenvalue weighted by atomic mass is 9.95. The Hall–Kier alpha value is -0.940. The first-order chi connectivity index (χ1) is 8.56. The molecule has 2 heterocycles. The Labute approximate surface area is 113 Å². The van der Waals surface area contributed by atoms with Gasteiger partial charge in [0, 0.05) is 31.9 Å². The fourth-order valence-electron chi connectivity index (χ4n) is 2.41. The number of carbonyl (C=O) groups excluding carboxylic acids is 1. The van der Waals surface area contributed by atoms with Crippen LogP contribution in [0, 0.1) is 12.8 Å². The molecule has 1 aliphatic heterocycles. The van der Waals surface area contributed by atoms with E-state index in [2.05, 4.69) is 15.3 Å². The Balaban J connectivity index is 1.82. The second-order valence-corrected chi connectivity index (χ2v) is 6.20. The fraction of sp³-hybridized carbons (Fsp3) is 0.692. The van der Waals surface area contributed by atoms with Crippen molar-refractivity contribution in [1.29, 1.82) is 0 Å². The minimum absolute atomic E-state index is 0.216. The van der Waals surface area contributed by atoms with Crippen molar-refractivity contribution in [2.24, 2.45) is 5.92 Å². The maximum atomic E-state index is 11.9. The summed E-state index contributed by atoms with van der Waals surface area (Å²) in [7, 11) is 3.68. The molecular formula is C13H21N3OS. The first-order valence-electron chi connectivity index (χ1n) is 6.41. The van der Waals surface area contributed by atoms with Gasteiger partial charge in [0.1, 0.15) is 0 Å². The number of carbonyl (C=O) groups is 1. The Bertz CT molecular complexity index is 408. The molecule has 0 atom stereocenters. The van der Waals surface area contributed by atoms with E-state index in [-0.39, 0.29) is 11.8 Å². The number of hydrogen-bond acceptors (Lipinski definition) is 4. The smallest absolute Gasteiger partial charge is 0.225 e. The van der Waals surface area contributed by atoms with Crippen LogP contribution in [-0.2, 0) is 11.3 Å². The monoisotopic (exact) mass is 267 g/mol. The summed E-state index contributed by atoms with van der Waals surface area (Å²) in [6.45, 7) is 4.96. The molecule has 4 nitrogen and oxygen atoms in total. The number of likely N-dealkylation sites (tertiary alicyclic amines) is 1. The number of aryl methyl sites for hydroxylation is 1. The van der Waals surface area contributed by atoms with Gasteiger partial charge in [-0.15, -0.1) is 11.3 Å². The zero-order valence-electron chi connectivity index (χ0n) is 11.3. The van der Waals surface area contributed by atoms with Crippen LogP contribution >= 0.6 is 11.3 Å². The standard InChI is InChI=1S/C13H21N3OS/c1-10-14-12(9-18-10)8-16-6-4-11(5-7-16)13(17)15(2)3/h9,11H,4-8H2,1-3H3. The molecule has 1 saturated heterocycles. The van der Waals surface area contributed by atoms with Crippen molar-refractivity contribution in [3.8, 4) is 0 Å². The van der Waals surface area contributed by atoms with Gasteiger partial charge in [-0.2, -0.15) is 0 Å². The molecule has 0 aromatic carbocycles. The van der Waals surface area contributed by atoms with Crippen LogP contribution in [0.15, 0.2) is 5.38 Å². The van der Waals surface area contributed by atoms with Gasteiger partial charge in [-0.05, 0) is 32.9 Å². The van der Waals surface area contributed by atoms with Crippen LogP contribution in [0.1, 0.15) is 23.5 Å². The Morgan fingerprint density at radius 1 is 1.50 bits per heavy atom. The molecule has 0 spiro atoms. The van der Waals surface area contributed by atoms with Crippen LogP contribution in [-0.4, -0.2) is 47.9 Å². The Morgan fingerprint density at radius 2 is 2.17 bits per heavy atom. The fourth-order valence-corrected chi connectivity index (χ4v) is 3.02. The van der Waals surface area contributed by atoms with E-state index in [4.69, 9.17) is 0 Å². The first-order valence-corrected chi connectivity index (χ1v) is 7.28. The van der Waals surface area contributed by atoms with Gasteiger partial charge in [-0.1, -0.05) is 0 Å². The molecule has 100 valence electrons. The quantitative estimate of drug-likeness (QED) is 0.837. The summed E-state index contributed by atoms with van der Waals surface area (Å²) in [5.74, 6) is 0.493. The van der Waals surface area contributed by atoms with Crippen LogP contribution in [0.2, 0.25) is 0 Å². The highest BCUT2D eigenvalue weighted by Crippen LogP contribution is 2.20. The number of amides is 1. The lowest BCUT2D eigenvalue weighted by molar-refractivity contribution is -0.134. The van der Waals surface area contributed by atoms with Crippen LogP contribution < -0.4 is 0 Å². The van der Waals surface area contributed by atoms with E-state index in [1.54, 1.807) is 16.2 Å². The molecule has 1 aliphatic rings. The number of piperidine rings is 1. The molecule has 1 amide bonds. The van der Waals surface area contributed by atoms with Crippen molar-refractivity contribution in [3.05, 3.63) is 16.1 Å². The largest absolute Gasteiger partial charge is 0.349 e. The minimum atomic E-state index is 0.216. The second-order valence-electron chi connectivity index (χ2n) is 5.14. The predicted octanol–water partition coefficient (Wildman–Crippen LogP) is 1.75. The van der Waals surface area contributed by atoms with Crippen LogP contribution in [0.5, 0.6) is 0 Å². The predicted molar refractivity (Wildman–Crippen MR) is 73.5 cm³/mol. The lowest BCUT2D eigenvalue weighted by Crippen LogP contribution is -2.39. The van der Waals surface area contributed by atoms with Crippen LogP contribution in [0.4, 0.5) is 0 Å². The maximum Gasteiger partial charge on any atom is 0.225 e. The molecule has 1 aromatic heterocycles. The third-order valence-electron chi connectivity index (χ3n) is 3.43. The molecule has 0 saturated carbocycles. The summed E-state index contributed by atoms with van der Waals surface area (Å²) >= 11 is 1.70. The van der Waals surface area contributed by atoms with Gasteiger partial charge in [0.25, 0.3) is 0 Å². The number of hydrogen-bond donors (Lipinski definition) is 0. The van der Waals surface area contributed by atoms with Gasteiger partial charge in [-0.3, -0.25) is 9.69 Å². The normalized spacial score (nSPS) is 17.9. The molecule has 1 aromatic rings. The SMILES string of the molecule is Cc1nc(CN2CCC(C(=O)N(C)C)CC2)cs1. The zero-order valence-corrected chi connectivity index (χ0v) is 12.2. The third-order valence-corrected chi connectivity index (χ3v) is 4.25. The summed E-state index contributed by atoms with van der Waals surface area (Å²) in [5.41, 5.74) is 1.16. The van der Waals surface area contributed by atoms with E-state index in [9.17, 15) is 4.79 Å². The number of thiazole rings is 1. The number of nitrogens with zero attached hydrogens (tertiary/aromatic N) is 3. The van der Waals surface area contributed by atoms with Crippen molar-refractivity contribution in [3.63, 3.8) is 0 Å². The van der Waals surface area contributed by atoms with Gasteiger partial charge in [0.05, 0.1) is 10.7 Å². The van der Waals surface area contributed by atoms with Crippen molar-refractivity contribution >= 4 is 17.2 Å². The number of rotatable bonds is 3. The highest BCUT2D eigenvalue weighted by molar-refractivity contribution is 7.09. The summed E-state index contributed by atoms with van der Waals surface area (Å²) in [6, 6.07) is 0. The topological polar surface area (TPSA) is 36.4 Å². The molecule has 0 radical (unpaired) electrons. The molecule has 0 aliphatic carbocycles. The van der Waals surface area contributed by atoms with E-state index < -0.39 is 0 Å². The van der Waals surface area contributed by atoms with Crippen molar-refractivity contribution in [2.45, 2.75) is 26.3 Å². The Morgan fingerprint density at radius 3 is 2.67 bits per heavy atom. The summed E-state index contributed by atoms with van der Waals surface area (Å²) in [4.78, 5) is 20.5. The second kappa shape index (κ2) is 5.80. The third kappa shape index (κ3) is 3.29. The highest BCUT2D eigenvalue weighted by atomic mass is 32.1. The molecule has 0 bridgehead atoms.